The molecule has 88 valence electrons. The van der Waals surface area contributed by atoms with Gasteiger partial charge in [0.1, 0.15) is 5.82 Å². The van der Waals surface area contributed by atoms with E-state index in [9.17, 15) is 4.39 Å². The van der Waals surface area contributed by atoms with Gasteiger partial charge in [-0.15, -0.1) is 0 Å². The third-order valence-electron chi connectivity index (χ3n) is 2.48. The van der Waals surface area contributed by atoms with Gasteiger partial charge < -0.3 is 11.1 Å². The molecule has 0 saturated heterocycles. The van der Waals surface area contributed by atoms with E-state index in [4.69, 9.17) is 17.3 Å². The number of anilines is 3. The highest BCUT2D eigenvalue weighted by Crippen LogP contribution is 2.27. The number of hydrogen-bond donors (Lipinski definition) is 2. The van der Waals surface area contributed by atoms with Crippen LogP contribution in [0.1, 0.15) is 5.56 Å². The first-order chi connectivity index (χ1) is 8.06. The molecule has 2 nitrogen and oxygen atoms in total. The Balaban J connectivity index is 2.28. The number of halogens is 2. The second-order valence-electron chi connectivity index (χ2n) is 3.82. The van der Waals surface area contributed by atoms with Crippen LogP contribution in [0, 0.1) is 12.7 Å². The van der Waals surface area contributed by atoms with Crippen molar-refractivity contribution in [3.05, 3.63) is 52.8 Å². The van der Waals surface area contributed by atoms with E-state index in [1.54, 1.807) is 6.07 Å². The molecule has 0 atom stereocenters. The van der Waals surface area contributed by atoms with E-state index in [1.807, 2.05) is 25.1 Å². The summed E-state index contributed by atoms with van der Waals surface area (Å²) in [4.78, 5) is 0. The van der Waals surface area contributed by atoms with Gasteiger partial charge in [0, 0.05) is 11.4 Å². The fraction of sp³-hybridized carbons (Fsp3) is 0.0769. The molecule has 4 heteroatoms. The second kappa shape index (κ2) is 4.63. The van der Waals surface area contributed by atoms with E-state index in [0.29, 0.717) is 10.7 Å². The molecule has 0 unspecified atom stereocenters. The topological polar surface area (TPSA) is 38.0 Å². The smallest absolute Gasteiger partial charge is 0.124 e. The highest BCUT2D eigenvalue weighted by atomic mass is 35.5. The van der Waals surface area contributed by atoms with Crippen LogP contribution < -0.4 is 11.1 Å². The predicted octanol–water partition coefficient (Wildman–Crippen LogP) is 4.11. The zero-order valence-corrected chi connectivity index (χ0v) is 10.1. The molecule has 0 heterocycles. The lowest BCUT2D eigenvalue weighted by Crippen LogP contribution is -1.94. The summed E-state index contributed by atoms with van der Waals surface area (Å²) in [6.45, 7) is 1.92. The highest BCUT2D eigenvalue weighted by Gasteiger charge is 2.03. The lowest BCUT2D eigenvalue weighted by atomic mass is 10.2. The van der Waals surface area contributed by atoms with Gasteiger partial charge in [0.2, 0.25) is 0 Å². The van der Waals surface area contributed by atoms with E-state index in [2.05, 4.69) is 5.32 Å². The van der Waals surface area contributed by atoms with Crippen molar-refractivity contribution in [3.63, 3.8) is 0 Å². The van der Waals surface area contributed by atoms with Crippen molar-refractivity contribution in [2.24, 2.45) is 0 Å². The maximum atomic E-state index is 12.9. The fourth-order valence-corrected chi connectivity index (χ4v) is 1.71. The Morgan fingerprint density at radius 1 is 1.18 bits per heavy atom. The van der Waals surface area contributed by atoms with Crippen LogP contribution >= 0.6 is 11.6 Å². The summed E-state index contributed by atoms with van der Waals surface area (Å²) in [5, 5.41) is 3.46. The van der Waals surface area contributed by atoms with Gasteiger partial charge in [0.05, 0.1) is 10.7 Å². The summed E-state index contributed by atoms with van der Waals surface area (Å²) in [5.41, 5.74) is 8.98. The first-order valence-corrected chi connectivity index (χ1v) is 5.52. The van der Waals surface area contributed by atoms with Crippen LogP contribution in [0.2, 0.25) is 5.02 Å². The average molecular weight is 251 g/mol. The summed E-state index contributed by atoms with van der Waals surface area (Å²) in [7, 11) is 0. The van der Waals surface area contributed by atoms with Gasteiger partial charge in [-0.05, 0) is 48.9 Å². The molecule has 0 spiro atoms. The van der Waals surface area contributed by atoms with Crippen LogP contribution in [0.5, 0.6) is 0 Å². The van der Waals surface area contributed by atoms with Crippen LogP contribution in [0.25, 0.3) is 0 Å². The minimum atomic E-state index is -0.353. The third kappa shape index (κ3) is 2.68. The molecule has 2 rings (SSSR count). The number of nitrogens with two attached hydrogens (primary N) is 1. The molecule has 0 bridgehead atoms. The summed E-state index contributed by atoms with van der Waals surface area (Å²) in [6, 6.07) is 9.81. The maximum Gasteiger partial charge on any atom is 0.124 e. The summed E-state index contributed by atoms with van der Waals surface area (Å²) >= 11 is 5.92. The van der Waals surface area contributed by atoms with E-state index >= 15 is 0 Å². The predicted molar refractivity (Wildman–Crippen MR) is 70.3 cm³/mol. The van der Waals surface area contributed by atoms with E-state index in [1.165, 1.54) is 12.1 Å². The summed E-state index contributed by atoms with van der Waals surface area (Å²) in [5.74, 6) is -0.353. The molecule has 0 aliphatic heterocycles. The SMILES string of the molecule is Cc1cc(Nc2ccc(F)cc2Cl)ccc1N. The molecule has 3 N–H and O–H groups in total. The Bertz CT molecular complexity index is 555. The van der Waals surface area contributed by atoms with Gasteiger partial charge >= 0.3 is 0 Å². The number of nitrogen functional groups attached to an aromatic ring is 1. The molecule has 2 aromatic rings. The molecule has 17 heavy (non-hydrogen) atoms. The molecule has 0 amide bonds. The van der Waals surface area contributed by atoms with Gasteiger partial charge in [-0.3, -0.25) is 0 Å². The largest absolute Gasteiger partial charge is 0.399 e. The van der Waals surface area contributed by atoms with Crippen molar-refractivity contribution in [1.29, 1.82) is 0 Å². The number of hydrogen-bond acceptors (Lipinski definition) is 2. The first-order valence-electron chi connectivity index (χ1n) is 5.14. The monoisotopic (exact) mass is 250 g/mol. The molecule has 0 aliphatic rings. The Kier molecular flexibility index (Phi) is 3.20. The molecular weight excluding hydrogens is 239 g/mol. The number of aryl methyl sites for hydroxylation is 1. The minimum absolute atomic E-state index is 0.347. The molecule has 0 fully saturated rings. The average Bonchev–Trinajstić information content (AvgIpc) is 2.27. The molecule has 2 aromatic carbocycles. The molecule has 0 aromatic heterocycles. The Hall–Kier alpha value is -1.74. The van der Waals surface area contributed by atoms with Gasteiger partial charge in [-0.1, -0.05) is 11.6 Å². The van der Waals surface area contributed by atoms with Crippen LogP contribution in [0.3, 0.4) is 0 Å². The second-order valence-corrected chi connectivity index (χ2v) is 4.23. The third-order valence-corrected chi connectivity index (χ3v) is 2.79. The Morgan fingerprint density at radius 2 is 1.94 bits per heavy atom. The van der Waals surface area contributed by atoms with Crippen LogP contribution in [0.4, 0.5) is 21.5 Å². The fourth-order valence-electron chi connectivity index (χ4n) is 1.50. The van der Waals surface area contributed by atoms with Crippen LogP contribution in [-0.2, 0) is 0 Å². The van der Waals surface area contributed by atoms with Crippen LogP contribution in [0.15, 0.2) is 36.4 Å². The Labute approximate surface area is 104 Å². The zero-order chi connectivity index (χ0) is 12.4. The van der Waals surface area contributed by atoms with E-state index in [-0.39, 0.29) is 5.82 Å². The van der Waals surface area contributed by atoms with E-state index in [0.717, 1.165) is 16.9 Å². The van der Waals surface area contributed by atoms with Gasteiger partial charge in [0.15, 0.2) is 0 Å². The number of benzene rings is 2. The minimum Gasteiger partial charge on any atom is -0.399 e. The molecule has 0 aliphatic carbocycles. The number of nitrogens with one attached hydrogen (secondary N) is 1. The molecule has 0 saturated carbocycles. The van der Waals surface area contributed by atoms with Gasteiger partial charge in [-0.25, -0.2) is 4.39 Å². The van der Waals surface area contributed by atoms with Crippen molar-refractivity contribution < 1.29 is 4.39 Å². The van der Waals surface area contributed by atoms with Crippen LogP contribution in [-0.4, -0.2) is 0 Å². The van der Waals surface area contributed by atoms with Crippen molar-refractivity contribution in [1.82, 2.24) is 0 Å². The highest BCUT2D eigenvalue weighted by molar-refractivity contribution is 6.33. The van der Waals surface area contributed by atoms with Crippen molar-refractivity contribution in [2.45, 2.75) is 6.92 Å². The number of rotatable bonds is 2. The van der Waals surface area contributed by atoms with Crippen molar-refractivity contribution in [2.75, 3.05) is 11.1 Å². The lowest BCUT2D eigenvalue weighted by molar-refractivity contribution is 0.628. The summed E-state index contributed by atoms with van der Waals surface area (Å²) < 4.78 is 12.9. The first kappa shape index (κ1) is 11.7. The maximum absolute atomic E-state index is 12.9. The van der Waals surface area contributed by atoms with Crippen molar-refractivity contribution in [3.8, 4) is 0 Å². The zero-order valence-electron chi connectivity index (χ0n) is 9.30. The van der Waals surface area contributed by atoms with Crippen molar-refractivity contribution >= 4 is 28.7 Å². The Morgan fingerprint density at radius 3 is 2.59 bits per heavy atom. The molecular formula is C13H12ClFN2. The summed E-state index contributed by atoms with van der Waals surface area (Å²) in [6.07, 6.45) is 0. The van der Waals surface area contributed by atoms with Gasteiger partial charge in [0.25, 0.3) is 0 Å². The van der Waals surface area contributed by atoms with Gasteiger partial charge in [-0.2, -0.15) is 0 Å². The standard InChI is InChI=1S/C13H12ClFN2/c1-8-6-10(3-4-12(8)16)17-13-5-2-9(15)7-11(13)14/h2-7,17H,16H2,1H3. The van der Waals surface area contributed by atoms with E-state index < -0.39 is 0 Å². The lowest BCUT2D eigenvalue weighted by Gasteiger charge is -2.10. The normalized spacial score (nSPS) is 10.3. The molecule has 0 radical (unpaired) electrons. The quantitative estimate of drug-likeness (QED) is 0.787.